The van der Waals surface area contributed by atoms with E-state index in [0.29, 0.717) is 23.6 Å². The Morgan fingerprint density at radius 3 is 2.30 bits per heavy atom. The first-order chi connectivity index (χ1) is 11.2. The van der Waals surface area contributed by atoms with Crippen LogP contribution in [0.3, 0.4) is 0 Å². The van der Waals surface area contributed by atoms with Crippen molar-refractivity contribution in [2.75, 3.05) is 27.3 Å². The van der Waals surface area contributed by atoms with Gasteiger partial charge in [-0.2, -0.15) is 4.90 Å². The Labute approximate surface area is 135 Å². The van der Waals surface area contributed by atoms with Crippen molar-refractivity contribution in [3.8, 4) is 11.5 Å². The third kappa shape index (κ3) is 3.04. The largest absolute Gasteiger partial charge is 0.497 e. The lowest BCUT2D eigenvalue weighted by Crippen LogP contribution is -2.71. The fourth-order valence-corrected chi connectivity index (χ4v) is 2.64. The van der Waals surface area contributed by atoms with Crippen LogP contribution in [0, 0.1) is 0 Å². The summed E-state index contributed by atoms with van der Waals surface area (Å²) in [7, 11) is 3.14. The second-order valence-electron chi connectivity index (χ2n) is 5.20. The molecule has 0 fully saturated rings. The predicted molar refractivity (Wildman–Crippen MR) is 87.0 cm³/mol. The first-order valence-corrected chi connectivity index (χ1v) is 7.44. The molecule has 1 heterocycles. The van der Waals surface area contributed by atoms with Gasteiger partial charge in [0, 0.05) is 6.07 Å². The Morgan fingerprint density at radius 1 is 1.04 bits per heavy atom. The molecule has 3 rings (SSSR count). The van der Waals surface area contributed by atoms with Gasteiger partial charge in [0.2, 0.25) is 0 Å². The second-order valence-corrected chi connectivity index (χ2v) is 5.20. The van der Waals surface area contributed by atoms with Crippen LogP contribution in [0.15, 0.2) is 48.5 Å². The number of rotatable bonds is 4. The van der Waals surface area contributed by atoms with Gasteiger partial charge in [-0.15, -0.1) is 0 Å². The van der Waals surface area contributed by atoms with Crippen LogP contribution in [0.1, 0.15) is 15.9 Å². The van der Waals surface area contributed by atoms with E-state index in [0.717, 1.165) is 17.9 Å². The Balaban J connectivity index is 1.93. The van der Waals surface area contributed by atoms with E-state index in [2.05, 4.69) is 4.99 Å². The minimum atomic E-state index is -0.0777. The maximum absolute atomic E-state index is 12.9. The molecule has 0 saturated heterocycles. The van der Waals surface area contributed by atoms with E-state index in [-0.39, 0.29) is 5.91 Å². The van der Waals surface area contributed by atoms with Crippen molar-refractivity contribution in [1.29, 1.82) is 0 Å². The van der Waals surface area contributed by atoms with E-state index in [1.807, 2.05) is 30.3 Å². The number of nitrogens with zero attached hydrogens (tertiary/aromatic N) is 1. The molecule has 23 heavy (non-hydrogen) atoms. The summed E-state index contributed by atoms with van der Waals surface area (Å²) in [5.74, 6) is 1.95. The molecule has 0 spiro atoms. The SMILES string of the molecule is COc1cc(OC)cc(C(=O)N2CC[NH+]=C2c2ccccc2)c1. The lowest BCUT2D eigenvalue weighted by molar-refractivity contribution is -0.444. The average Bonchev–Trinajstić information content (AvgIpc) is 3.11. The Bertz CT molecular complexity index is 719. The summed E-state index contributed by atoms with van der Waals surface area (Å²) in [5, 5.41) is 0. The highest BCUT2D eigenvalue weighted by molar-refractivity contribution is 6.11. The minimum Gasteiger partial charge on any atom is -0.497 e. The Kier molecular flexibility index (Phi) is 4.28. The molecule has 2 aromatic rings. The van der Waals surface area contributed by atoms with Gasteiger partial charge in [-0.3, -0.25) is 4.99 Å². The van der Waals surface area contributed by atoms with Gasteiger partial charge in [0.05, 0.1) is 25.3 Å². The summed E-state index contributed by atoms with van der Waals surface area (Å²) < 4.78 is 10.5. The third-order valence-electron chi connectivity index (χ3n) is 3.79. The normalized spacial score (nSPS) is 13.7. The first kappa shape index (κ1) is 15.1. The first-order valence-electron chi connectivity index (χ1n) is 7.44. The van der Waals surface area contributed by atoms with Gasteiger partial charge in [0.15, 0.2) is 0 Å². The van der Waals surface area contributed by atoms with Gasteiger partial charge in [0.1, 0.15) is 24.6 Å². The van der Waals surface area contributed by atoms with Crippen LogP contribution in [0.4, 0.5) is 0 Å². The Hall–Kier alpha value is -2.82. The number of hydrogen-bond donors (Lipinski definition) is 1. The van der Waals surface area contributed by atoms with Gasteiger partial charge in [-0.25, -0.2) is 4.79 Å². The quantitative estimate of drug-likeness (QED) is 0.904. The van der Waals surface area contributed by atoms with Crippen molar-refractivity contribution >= 4 is 11.7 Å². The van der Waals surface area contributed by atoms with Crippen LogP contribution in [0.25, 0.3) is 0 Å². The van der Waals surface area contributed by atoms with E-state index < -0.39 is 0 Å². The highest BCUT2D eigenvalue weighted by Crippen LogP contribution is 2.24. The van der Waals surface area contributed by atoms with Crippen molar-refractivity contribution in [3.05, 3.63) is 59.7 Å². The molecule has 0 aliphatic carbocycles. The van der Waals surface area contributed by atoms with E-state index in [9.17, 15) is 4.79 Å². The number of ether oxygens (including phenoxy) is 2. The van der Waals surface area contributed by atoms with Crippen LogP contribution in [0.2, 0.25) is 0 Å². The predicted octanol–water partition coefficient (Wildman–Crippen LogP) is 0.687. The van der Waals surface area contributed by atoms with Crippen LogP contribution < -0.4 is 14.5 Å². The molecular weight excluding hydrogens is 292 g/mol. The van der Waals surface area contributed by atoms with Gasteiger partial charge >= 0.3 is 5.91 Å². The van der Waals surface area contributed by atoms with E-state index >= 15 is 0 Å². The van der Waals surface area contributed by atoms with E-state index in [4.69, 9.17) is 9.47 Å². The molecule has 118 valence electrons. The van der Waals surface area contributed by atoms with Crippen LogP contribution in [-0.4, -0.2) is 44.0 Å². The summed E-state index contributed by atoms with van der Waals surface area (Å²) in [6.45, 7) is 1.36. The van der Waals surface area contributed by atoms with Crippen molar-refractivity contribution in [2.24, 2.45) is 0 Å². The van der Waals surface area contributed by atoms with E-state index in [1.54, 1.807) is 37.3 Å². The van der Waals surface area contributed by atoms with Gasteiger partial charge < -0.3 is 9.47 Å². The minimum absolute atomic E-state index is 0.0777. The number of nitrogens with one attached hydrogen (secondary N) is 1. The van der Waals surface area contributed by atoms with Crippen LogP contribution >= 0.6 is 0 Å². The fraction of sp³-hybridized carbons (Fsp3) is 0.222. The molecule has 5 nitrogen and oxygen atoms in total. The maximum Gasteiger partial charge on any atom is 0.341 e. The van der Waals surface area contributed by atoms with Crippen molar-refractivity contribution < 1.29 is 19.3 Å². The lowest BCUT2D eigenvalue weighted by atomic mass is 10.1. The smallest absolute Gasteiger partial charge is 0.341 e. The number of carbonyl (C=O) groups excluding carboxylic acids is 1. The maximum atomic E-state index is 12.9. The molecule has 0 bridgehead atoms. The molecule has 0 radical (unpaired) electrons. The molecule has 0 atom stereocenters. The molecule has 1 aliphatic rings. The molecule has 1 aliphatic heterocycles. The zero-order valence-corrected chi connectivity index (χ0v) is 13.2. The van der Waals surface area contributed by atoms with Gasteiger partial charge in [-0.1, -0.05) is 18.2 Å². The highest BCUT2D eigenvalue weighted by Gasteiger charge is 2.34. The van der Waals surface area contributed by atoms with Gasteiger partial charge in [0.25, 0.3) is 5.84 Å². The average molecular weight is 311 g/mol. The number of amides is 1. The summed E-state index contributed by atoms with van der Waals surface area (Å²) in [6.07, 6.45) is 0. The third-order valence-corrected chi connectivity index (χ3v) is 3.79. The second kappa shape index (κ2) is 6.52. The monoisotopic (exact) mass is 311 g/mol. The molecule has 5 heteroatoms. The molecule has 0 aromatic heterocycles. The highest BCUT2D eigenvalue weighted by atomic mass is 16.5. The van der Waals surface area contributed by atoms with E-state index in [1.165, 1.54) is 0 Å². The lowest BCUT2D eigenvalue weighted by Gasteiger charge is -2.12. The van der Waals surface area contributed by atoms with Crippen molar-refractivity contribution in [1.82, 2.24) is 4.90 Å². The molecular formula is C18H19N2O3+. The Morgan fingerprint density at radius 2 is 1.70 bits per heavy atom. The zero-order chi connectivity index (χ0) is 16.2. The number of carbonyl (C=O) groups is 1. The number of benzene rings is 2. The molecule has 2 aromatic carbocycles. The molecule has 0 unspecified atom stereocenters. The molecule has 1 amide bonds. The fourth-order valence-electron chi connectivity index (χ4n) is 2.64. The molecule has 1 N–H and O–H groups in total. The number of hydrogen-bond acceptors (Lipinski definition) is 3. The number of methoxy groups -OCH3 is 2. The van der Waals surface area contributed by atoms with Crippen molar-refractivity contribution in [3.63, 3.8) is 0 Å². The van der Waals surface area contributed by atoms with Gasteiger partial charge in [-0.05, 0) is 24.3 Å². The summed E-state index contributed by atoms with van der Waals surface area (Å²) >= 11 is 0. The van der Waals surface area contributed by atoms with Crippen LogP contribution in [0.5, 0.6) is 11.5 Å². The van der Waals surface area contributed by atoms with Crippen molar-refractivity contribution in [2.45, 2.75) is 0 Å². The summed E-state index contributed by atoms with van der Waals surface area (Å²) in [5.41, 5.74) is 1.53. The topological polar surface area (TPSA) is 52.7 Å². The van der Waals surface area contributed by atoms with Crippen LogP contribution in [-0.2, 0) is 0 Å². The summed E-state index contributed by atoms with van der Waals surface area (Å²) in [6, 6.07) is 15.1. The standard InChI is InChI=1S/C18H18N2O3/c1-22-15-10-14(11-16(12-15)23-2)18(21)20-9-8-19-17(20)13-6-4-3-5-7-13/h3-7,10-12H,8-9H2,1-2H3/p+1. The summed E-state index contributed by atoms with van der Waals surface area (Å²) in [4.78, 5) is 18.0. The molecule has 0 saturated carbocycles. The zero-order valence-electron chi connectivity index (χ0n) is 13.2. The number of amidine groups is 1.